The molecule has 0 bridgehead atoms. The highest BCUT2D eigenvalue weighted by atomic mass is 32.1. The molecule has 146 valence electrons. The summed E-state index contributed by atoms with van der Waals surface area (Å²) >= 11 is 1.42. The summed E-state index contributed by atoms with van der Waals surface area (Å²) in [5.41, 5.74) is 3.74. The fraction of sp³-hybridized carbons (Fsp3) is 0.368. The van der Waals surface area contributed by atoms with Gasteiger partial charge in [0.25, 0.3) is 0 Å². The van der Waals surface area contributed by atoms with E-state index in [-0.39, 0.29) is 0 Å². The number of hydrogen-bond acceptors (Lipinski definition) is 7. The molecule has 0 radical (unpaired) electrons. The molecule has 0 atom stereocenters. The van der Waals surface area contributed by atoms with Gasteiger partial charge in [-0.15, -0.1) is 0 Å². The predicted molar refractivity (Wildman–Crippen MR) is 112 cm³/mol. The van der Waals surface area contributed by atoms with Gasteiger partial charge in [-0.2, -0.15) is 19.1 Å². The highest BCUT2D eigenvalue weighted by Crippen LogP contribution is 2.26. The number of nitrogens with one attached hydrogen (secondary N) is 2. The Labute approximate surface area is 167 Å². The molecular weight excluding hydrogens is 372 g/mol. The first-order chi connectivity index (χ1) is 13.7. The zero-order valence-electron chi connectivity index (χ0n) is 16.1. The quantitative estimate of drug-likeness (QED) is 0.552. The third-order valence-corrected chi connectivity index (χ3v) is 5.30. The van der Waals surface area contributed by atoms with E-state index in [9.17, 15) is 0 Å². The number of aryl methyl sites for hydroxylation is 2. The van der Waals surface area contributed by atoms with E-state index in [1.54, 1.807) is 15.4 Å². The molecule has 0 amide bonds. The van der Waals surface area contributed by atoms with Gasteiger partial charge >= 0.3 is 0 Å². The third-order valence-electron chi connectivity index (χ3n) is 4.50. The van der Waals surface area contributed by atoms with Crippen molar-refractivity contribution < 1.29 is 0 Å². The zero-order valence-corrected chi connectivity index (χ0v) is 16.9. The van der Waals surface area contributed by atoms with E-state index >= 15 is 0 Å². The molecular formula is C19H24N8S. The normalized spacial score (nSPS) is 13.9. The molecule has 0 unspecified atom stereocenters. The molecule has 1 fully saturated rings. The number of fused-ring (bicyclic) bond motifs is 1. The Kier molecular flexibility index (Phi) is 5.63. The van der Waals surface area contributed by atoms with Gasteiger partial charge in [-0.1, -0.05) is 6.42 Å². The van der Waals surface area contributed by atoms with E-state index in [1.807, 2.05) is 44.7 Å². The summed E-state index contributed by atoms with van der Waals surface area (Å²) in [6.45, 7) is 4.47. The molecule has 0 saturated carbocycles. The molecule has 2 N–H and O–H groups in total. The maximum atomic E-state index is 4.45. The van der Waals surface area contributed by atoms with E-state index in [4.69, 9.17) is 0 Å². The largest absolute Gasteiger partial charge is 0.331 e. The van der Waals surface area contributed by atoms with E-state index in [2.05, 4.69) is 30.2 Å². The van der Waals surface area contributed by atoms with Crippen LogP contribution in [0.2, 0.25) is 0 Å². The molecule has 4 aromatic heterocycles. The summed E-state index contributed by atoms with van der Waals surface area (Å²) in [6.07, 6.45) is 11.6. The molecule has 1 saturated heterocycles. The van der Waals surface area contributed by atoms with Gasteiger partial charge in [0.1, 0.15) is 10.8 Å². The first-order valence-corrected chi connectivity index (χ1v) is 10.2. The molecule has 1 aliphatic rings. The predicted octanol–water partition coefficient (Wildman–Crippen LogP) is 3.40. The van der Waals surface area contributed by atoms with Crippen LogP contribution in [-0.4, -0.2) is 41.8 Å². The summed E-state index contributed by atoms with van der Waals surface area (Å²) in [5, 5.41) is 16.2. The molecule has 0 aliphatic carbocycles. The highest BCUT2D eigenvalue weighted by Gasteiger charge is 2.12. The van der Waals surface area contributed by atoms with Gasteiger partial charge in [0.05, 0.1) is 18.1 Å². The highest BCUT2D eigenvalue weighted by molar-refractivity contribution is 7.10. The average molecular weight is 397 g/mol. The lowest BCUT2D eigenvalue weighted by molar-refractivity contribution is 0.520. The van der Waals surface area contributed by atoms with Crippen molar-refractivity contribution in [3.05, 3.63) is 42.6 Å². The number of rotatable bonds is 3. The smallest absolute Gasteiger partial charge is 0.165 e. The molecule has 5 rings (SSSR count). The minimum Gasteiger partial charge on any atom is -0.331 e. The van der Waals surface area contributed by atoms with Crippen molar-refractivity contribution in [1.82, 2.24) is 34.1 Å². The van der Waals surface area contributed by atoms with E-state index < -0.39 is 0 Å². The van der Waals surface area contributed by atoms with Crippen LogP contribution in [-0.2, 0) is 7.05 Å². The van der Waals surface area contributed by atoms with Gasteiger partial charge in [0.15, 0.2) is 5.65 Å². The number of nitrogens with zero attached hydrogens (tertiary/aromatic N) is 6. The average Bonchev–Trinajstić information content (AvgIpc) is 3.44. The fourth-order valence-electron chi connectivity index (χ4n) is 3.10. The maximum Gasteiger partial charge on any atom is 0.165 e. The molecule has 9 heteroatoms. The monoisotopic (exact) mass is 396 g/mol. The lowest BCUT2D eigenvalue weighted by atomic mass is 10.2. The van der Waals surface area contributed by atoms with Crippen LogP contribution in [0.1, 0.15) is 25.0 Å². The minimum absolute atomic E-state index is 0.791. The Hall–Kier alpha value is -2.78. The Bertz CT molecular complexity index is 1030. The molecule has 0 aromatic carbocycles. The van der Waals surface area contributed by atoms with Crippen LogP contribution in [0.3, 0.4) is 0 Å². The van der Waals surface area contributed by atoms with Gasteiger partial charge in [-0.3, -0.25) is 4.68 Å². The van der Waals surface area contributed by atoms with E-state index in [0.29, 0.717) is 0 Å². The lowest BCUT2D eigenvalue weighted by Gasteiger charge is -2.08. The summed E-state index contributed by atoms with van der Waals surface area (Å²) in [4.78, 5) is 4.45. The van der Waals surface area contributed by atoms with Crippen molar-refractivity contribution >= 4 is 28.0 Å². The second-order valence-corrected chi connectivity index (χ2v) is 7.60. The van der Waals surface area contributed by atoms with Gasteiger partial charge < -0.3 is 10.6 Å². The van der Waals surface area contributed by atoms with Crippen molar-refractivity contribution in [3.63, 3.8) is 0 Å². The first kappa shape index (κ1) is 18.6. The van der Waals surface area contributed by atoms with Gasteiger partial charge in [-0.25, -0.2) is 4.98 Å². The number of aromatic nitrogens is 6. The first-order valence-electron chi connectivity index (χ1n) is 9.43. The van der Waals surface area contributed by atoms with E-state index in [1.165, 1.54) is 43.9 Å². The fourth-order valence-corrected chi connectivity index (χ4v) is 3.77. The molecule has 0 spiro atoms. The van der Waals surface area contributed by atoms with Crippen LogP contribution < -0.4 is 10.6 Å². The van der Waals surface area contributed by atoms with Crippen LogP contribution in [0.25, 0.3) is 16.8 Å². The Morgan fingerprint density at radius 2 is 2.00 bits per heavy atom. The van der Waals surface area contributed by atoms with Gasteiger partial charge in [-0.05, 0) is 56.5 Å². The van der Waals surface area contributed by atoms with Crippen molar-refractivity contribution in [2.75, 3.05) is 18.4 Å². The van der Waals surface area contributed by atoms with Crippen molar-refractivity contribution in [2.45, 2.75) is 26.2 Å². The summed E-state index contributed by atoms with van der Waals surface area (Å²) in [6, 6.07) is 3.89. The molecule has 28 heavy (non-hydrogen) atoms. The number of hydrogen-bond donors (Lipinski definition) is 2. The lowest BCUT2D eigenvalue weighted by Crippen LogP contribution is -2.21. The summed E-state index contributed by atoms with van der Waals surface area (Å²) in [7, 11) is 1.89. The minimum atomic E-state index is 0.791. The molecule has 1 aliphatic heterocycles. The molecule has 8 nitrogen and oxygen atoms in total. The Morgan fingerprint density at radius 3 is 2.61 bits per heavy atom. The van der Waals surface area contributed by atoms with Crippen molar-refractivity contribution in [3.8, 4) is 11.1 Å². The SMILES string of the molecule is C1CCNCC1.Cc1cc(Nc2ccnc3c(-c4cnn(C)c4)cnn23)sn1. The van der Waals surface area contributed by atoms with Crippen LogP contribution in [0.15, 0.2) is 36.9 Å². The van der Waals surface area contributed by atoms with Crippen molar-refractivity contribution in [2.24, 2.45) is 7.05 Å². The second kappa shape index (κ2) is 8.49. The zero-order chi connectivity index (χ0) is 19.3. The molecule has 4 aromatic rings. The topological polar surface area (TPSA) is 85.0 Å². The van der Waals surface area contributed by atoms with Crippen LogP contribution in [0.4, 0.5) is 10.8 Å². The van der Waals surface area contributed by atoms with Crippen LogP contribution in [0, 0.1) is 6.92 Å². The summed E-state index contributed by atoms with van der Waals surface area (Å²) in [5.74, 6) is 0.851. The standard InChI is InChI=1S/C14H13N7S.C5H11N/c1-9-5-13(22-19-9)18-12-3-4-15-14-11(7-17-21(12)14)10-6-16-20(2)8-10;1-2-4-6-5-3-1/h3-8,18H,1-2H3;6H,1-5H2. The third kappa shape index (κ3) is 4.20. The molecule has 5 heterocycles. The number of anilines is 2. The van der Waals surface area contributed by atoms with Crippen molar-refractivity contribution in [1.29, 1.82) is 0 Å². The Balaban J connectivity index is 0.000000275. The van der Waals surface area contributed by atoms with E-state index in [0.717, 1.165) is 33.3 Å². The maximum absolute atomic E-state index is 4.45. The van der Waals surface area contributed by atoms with Crippen LogP contribution >= 0.6 is 11.5 Å². The number of piperidine rings is 1. The van der Waals surface area contributed by atoms with Crippen LogP contribution in [0.5, 0.6) is 0 Å². The van der Waals surface area contributed by atoms with Gasteiger partial charge in [0.2, 0.25) is 0 Å². The van der Waals surface area contributed by atoms with Gasteiger partial charge in [0, 0.05) is 30.6 Å². The second-order valence-electron chi connectivity index (χ2n) is 6.79. The Morgan fingerprint density at radius 1 is 1.14 bits per heavy atom. The summed E-state index contributed by atoms with van der Waals surface area (Å²) < 4.78 is 7.83.